The van der Waals surface area contributed by atoms with Gasteiger partial charge in [0.25, 0.3) is 0 Å². The maximum Gasteiger partial charge on any atom is 0.318 e. The summed E-state index contributed by atoms with van der Waals surface area (Å²) in [5.41, 5.74) is 2.32. The van der Waals surface area contributed by atoms with Crippen molar-refractivity contribution in [2.24, 2.45) is 0 Å². The summed E-state index contributed by atoms with van der Waals surface area (Å²) in [6, 6.07) is 6.15. The van der Waals surface area contributed by atoms with Crippen LogP contribution in [0.5, 0.6) is 17.5 Å². The van der Waals surface area contributed by atoms with Crippen LogP contribution in [0.25, 0.3) is 0 Å². The Balaban J connectivity index is 1.83. The highest BCUT2D eigenvalue weighted by molar-refractivity contribution is 5.94. The molecule has 31 heavy (non-hydrogen) atoms. The van der Waals surface area contributed by atoms with Gasteiger partial charge in [-0.25, -0.2) is 0 Å². The zero-order valence-corrected chi connectivity index (χ0v) is 18.8. The van der Waals surface area contributed by atoms with Crippen LogP contribution in [0.1, 0.15) is 57.2 Å². The molecular weight excluding hydrogens is 396 g/mol. The maximum absolute atomic E-state index is 12.1. The number of benzene rings is 1. The van der Waals surface area contributed by atoms with Crippen molar-refractivity contribution in [2.75, 3.05) is 24.9 Å². The van der Waals surface area contributed by atoms with E-state index in [-0.39, 0.29) is 18.0 Å². The quantitative estimate of drug-likeness (QED) is 0.581. The Morgan fingerprint density at radius 2 is 1.87 bits per heavy atom. The number of rotatable bonds is 10. The number of hydrogen-bond acceptors (Lipinski definition) is 7. The summed E-state index contributed by atoms with van der Waals surface area (Å²) in [6.07, 6.45) is 5.81. The van der Waals surface area contributed by atoms with Gasteiger partial charge in [-0.15, -0.1) is 0 Å². The molecule has 1 aliphatic carbocycles. The van der Waals surface area contributed by atoms with Crippen molar-refractivity contribution in [2.45, 2.75) is 65.0 Å². The van der Waals surface area contributed by atoms with Gasteiger partial charge in [-0.05, 0) is 49.8 Å². The van der Waals surface area contributed by atoms with E-state index in [0.29, 0.717) is 30.9 Å². The molecule has 1 aliphatic rings. The van der Waals surface area contributed by atoms with Crippen LogP contribution in [0, 0.1) is 0 Å². The van der Waals surface area contributed by atoms with Gasteiger partial charge in [0.2, 0.25) is 5.91 Å². The van der Waals surface area contributed by atoms with Gasteiger partial charge in [0.15, 0.2) is 17.3 Å². The van der Waals surface area contributed by atoms with Crippen molar-refractivity contribution in [3.8, 4) is 17.5 Å². The monoisotopic (exact) mass is 428 g/mol. The predicted octanol–water partition coefficient (Wildman–Crippen LogP) is 4.34. The summed E-state index contributed by atoms with van der Waals surface area (Å²) in [4.78, 5) is 20.9. The first-order valence-electron chi connectivity index (χ1n) is 10.9. The third kappa shape index (κ3) is 5.77. The van der Waals surface area contributed by atoms with E-state index in [1.165, 1.54) is 20.0 Å². The number of ether oxygens (including phenoxy) is 3. The van der Waals surface area contributed by atoms with E-state index in [0.717, 1.165) is 35.6 Å². The minimum absolute atomic E-state index is 0.0942. The van der Waals surface area contributed by atoms with E-state index in [1.54, 1.807) is 7.11 Å². The summed E-state index contributed by atoms with van der Waals surface area (Å²) < 4.78 is 16.9. The SMILES string of the molecule is CCC(=O)Nc1c(CC)nc(OC)nc1NCc1ccc(OC)c(OC2CCCC2)c1. The van der Waals surface area contributed by atoms with Crippen LogP contribution in [-0.4, -0.2) is 36.2 Å². The Labute approximate surface area is 183 Å². The van der Waals surface area contributed by atoms with Gasteiger partial charge in [0.1, 0.15) is 5.69 Å². The van der Waals surface area contributed by atoms with E-state index in [9.17, 15) is 4.79 Å². The Morgan fingerprint density at radius 1 is 1.10 bits per heavy atom. The molecule has 0 spiro atoms. The molecule has 0 atom stereocenters. The molecule has 3 rings (SSSR count). The van der Waals surface area contributed by atoms with Crippen LogP contribution in [0.3, 0.4) is 0 Å². The molecule has 1 aromatic carbocycles. The lowest BCUT2D eigenvalue weighted by atomic mass is 10.2. The molecule has 8 heteroatoms. The van der Waals surface area contributed by atoms with E-state index in [2.05, 4.69) is 20.6 Å². The first-order chi connectivity index (χ1) is 15.1. The van der Waals surface area contributed by atoms with Gasteiger partial charge < -0.3 is 24.8 Å². The molecule has 1 amide bonds. The average molecular weight is 429 g/mol. The second kappa shape index (κ2) is 10.8. The van der Waals surface area contributed by atoms with Crippen molar-refractivity contribution < 1.29 is 19.0 Å². The van der Waals surface area contributed by atoms with Crippen molar-refractivity contribution in [1.29, 1.82) is 0 Å². The number of hydrogen-bond donors (Lipinski definition) is 2. The first kappa shape index (κ1) is 22.7. The number of amides is 1. The van der Waals surface area contributed by atoms with Crippen molar-refractivity contribution in [1.82, 2.24) is 9.97 Å². The molecule has 2 aromatic rings. The van der Waals surface area contributed by atoms with Crippen LogP contribution < -0.4 is 24.8 Å². The van der Waals surface area contributed by atoms with Crippen molar-refractivity contribution in [3.05, 3.63) is 29.5 Å². The third-order valence-corrected chi connectivity index (χ3v) is 5.35. The number of aromatic nitrogens is 2. The van der Waals surface area contributed by atoms with Gasteiger partial charge in [-0.1, -0.05) is 19.9 Å². The molecule has 2 N–H and O–H groups in total. The third-order valence-electron chi connectivity index (χ3n) is 5.35. The summed E-state index contributed by atoms with van der Waals surface area (Å²) >= 11 is 0. The van der Waals surface area contributed by atoms with Crippen LogP contribution >= 0.6 is 0 Å². The average Bonchev–Trinajstić information content (AvgIpc) is 3.31. The largest absolute Gasteiger partial charge is 0.493 e. The number of carbonyl (C=O) groups excluding carboxylic acids is 1. The molecule has 1 fully saturated rings. The molecule has 1 saturated carbocycles. The van der Waals surface area contributed by atoms with Crippen molar-refractivity contribution >= 4 is 17.4 Å². The van der Waals surface area contributed by atoms with Gasteiger partial charge in [0.05, 0.1) is 26.0 Å². The summed E-state index contributed by atoms with van der Waals surface area (Å²) in [5, 5.41) is 6.24. The van der Waals surface area contributed by atoms with E-state index in [4.69, 9.17) is 14.2 Å². The molecule has 0 unspecified atom stereocenters. The van der Waals surface area contributed by atoms with Crippen LogP contribution in [0.2, 0.25) is 0 Å². The molecule has 168 valence electrons. The standard InChI is InChI=1S/C23H32N4O4/c1-5-17-21(26-20(28)6-2)22(27-23(25-17)30-4)24-14-15-11-12-18(29-3)19(13-15)31-16-9-7-8-10-16/h11-13,16H,5-10,14H2,1-4H3,(H,26,28)(H,24,25,27). The molecule has 8 nitrogen and oxygen atoms in total. The van der Waals surface area contributed by atoms with Crippen LogP contribution in [-0.2, 0) is 17.8 Å². The molecule has 0 saturated heterocycles. The smallest absolute Gasteiger partial charge is 0.318 e. The predicted molar refractivity (Wildman–Crippen MR) is 120 cm³/mol. The van der Waals surface area contributed by atoms with Gasteiger partial charge in [-0.2, -0.15) is 9.97 Å². The summed E-state index contributed by atoms with van der Waals surface area (Å²) in [5.74, 6) is 1.91. The Morgan fingerprint density at radius 3 is 2.52 bits per heavy atom. The van der Waals surface area contributed by atoms with Crippen molar-refractivity contribution in [3.63, 3.8) is 0 Å². The molecule has 0 bridgehead atoms. The highest BCUT2D eigenvalue weighted by Crippen LogP contribution is 2.33. The molecule has 0 radical (unpaired) electrons. The zero-order chi connectivity index (χ0) is 22.2. The number of methoxy groups -OCH3 is 2. The van der Waals surface area contributed by atoms with E-state index in [1.807, 2.05) is 32.0 Å². The zero-order valence-electron chi connectivity index (χ0n) is 18.8. The minimum atomic E-state index is -0.0942. The molecular formula is C23H32N4O4. The fraction of sp³-hybridized carbons (Fsp3) is 0.522. The minimum Gasteiger partial charge on any atom is -0.493 e. The fourth-order valence-electron chi connectivity index (χ4n) is 3.61. The maximum atomic E-state index is 12.1. The normalized spacial score (nSPS) is 13.7. The first-order valence-corrected chi connectivity index (χ1v) is 10.9. The molecule has 0 aliphatic heterocycles. The summed E-state index contributed by atoms with van der Waals surface area (Å²) in [6.45, 7) is 4.27. The summed E-state index contributed by atoms with van der Waals surface area (Å²) in [7, 11) is 3.18. The van der Waals surface area contributed by atoms with E-state index >= 15 is 0 Å². The second-order valence-electron chi connectivity index (χ2n) is 7.50. The molecule has 1 heterocycles. The lowest BCUT2D eigenvalue weighted by Gasteiger charge is -2.18. The number of anilines is 2. The highest BCUT2D eigenvalue weighted by Gasteiger charge is 2.19. The number of carbonyl (C=O) groups is 1. The van der Waals surface area contributed by atoms with Crippen LogP contribution in [0.4, 0.5) is 11.5 Å². The topological polar surface area (TPSA) is 94.6 Å². The number of nitrogens with one attached hydrogen (secondary N) is 2. The fourth-order valence-corrected chi connectivity index (χ4v) is 3.61. The second-order valence-corrected chi connectivity index (χ2v) is 7.50. The highest BCUT2D eigenvalue weighted by atomic mass is 16.5. The number of aryl methyl sites for hydroxylation is 1. The lowest BCUT2D eigenvalue weighted by Crippen LogP contribution is -2.16. The Bertz CT molecular complexity index is 897. The van der Waals surface area contributed by atoms with Gasteiger partial charge in [0, 0.05) is 13.0 Å². The van der Waals surface area contributed by atoms with Gasteiger partial charge >= 0.3 is 6.01 Å². The lowest BCUT2D eigenvalue weighted by molar-refractivity contribution is -0.115. The van der Waals surface area contributed by atoms with Crippen LogP contribution in [0.15, 0.2) is 18.2 Å². The molecule has 1 aromatic heterocycles. The Hall–Kier alpha value is -3.03. The number of nitrogens with zero attached hydrogens (tertiary/aromatic N) is 2. The Kier molecular flexibility index (Phi) is 7.92. The van der Waals surface area contributed by atoms with Gasteiger partial charge in [-0.3, -0.25) is 4.79 Å². The van der Waals surface area contributed by atoms with E-state index < -0.39 is 0 Å².